The molecular formula is C11H24O6P2. The van der Waals surface area contributed by atoms with E-state index in [0.717, 1.165) is 0 Å². The Hall–Kier alpha value is 0.0400. The van der Waals surface area contributed by atoms with Gasteiger partial charge in [0.05, 0.1) is 26.4 Å². The topological polar surface area (TPSA) is 71.1 Å². The second kappa shape index (κ2) is 9.06. The van der Waals surface area contributed by atoms with Crippen LogP contribution in [0.25, 0.3) is 0 Å². The second-order valence-electron chi connectivity index (χ2n) is 3.48. The lowest BCUT2D eigenvalue weighted by molar-refractivity contribution is 0.222. The minimum absolute atomic E-state index is 0.231. The first-order valence-corrected chi connectivity index (χ1v) is 9.50. The molecule has 114 valence electrons. The van der Waals surface area contributed by atoms with E-state index in [0.29, 0.717) is 0 Å². The van der Waals surface area contributed by atoms with Crippen molar-refractivity contribution in [3.8, 4) is 0 Å². The van der Waals surface area contributed by atoms with E-state index < -0.39 is 15.2 Å². The van der Waals surface area contributed by atoms with Crippen LogP contribution in [0.2, 0.25) is 0 Å². The van der Waals surface area contributed by atoms with Gasteiger partial charge in [-0.3, -0.25) is 9.13 Å². The van der Waals surface area contributed by atoms with Crippen molar-refractivity contribution in [2.75, 3.05) is 26.4 Å². The van der Waals surface area contributed by atoms with Crippen molar-refractivity contribution < 1.29 is 27.2 Å². The molecule has 0 saturated carbocycles. The van der Waals surface area contributed by atoms with Crippen LogP contribution in [0.15, 0.2) is 11.1 Å². The van der Waals surface area contributed by atoms with Crippen molar-refractivity contribution in [2.45, 2.75) is 34.6 Å². The second-order valence-corrected chi connectivity index (χ2v) is 7.55. The molecule has 19 heavy (non-hydrogen) atoms. The summed E-state index contributed by atoms with van der Waals surface area (Å²) in [6.45, 7) is 9.30. The summed E-state index contributed by atoms with van der Waals surface area (Å²) in [5.41, 5.74) is 0. The Balaban J connectivity index is 5.29. The summed E-state index contributed by atoms with van der Waals surface area (Å²) in [6.07, 6.45) is 0. The molecule has 0 spiro atoms. The largest absolute Gasteiger partial charge is 0.357 e. The lowest BCUT2D eigenvalue weighted by Crippen LogP contribution is -1.99. The molecule has 0 radical (unpaired) electrons. The predicted octanol–water partition coefficient (Wildman–Crippen LogP) is 4.38. The van der Waals surface area contributed by atoms with Crippen LogP contribution in [0.3, 0.4) is 0 Å². The molecule has 0 unspecified atom stereocenters. The van der Waals surface area contributed by atoms with Gasteiger partial charge in [-0.2, -0.15) is 0 Å². The Labute approximate surface area is 115 Å². The third-order valence-electron chi connectivity index (χ3n) is 1.99. The highest BCUT2D eigenvalue weighted by atomic mass is 31.2. The summed E-state index contributed by atoms with van der Waals surface area (Å²) >= 11 is 0. The van der Waals surface area contributed by atoms with E-state index in [9.17, 15) is 9.13 Å². The van der Waals surface area contributed by atoms with Gasteiger partial charge in [-0.1, -0.05) is 0 Å². The van der Waals surface area contributed by atoms with Gasteiger partial charge in [-0.15, -0.1) is 0 Å². The Morgan fingerprint density at radius 1 is 0.842 bits per heavy atom. The summed E-state index contributed by atoms with van der Waals surface area (Å²) in [6, 6.07) is 0. The molecule has 0 amide bonds. The van der Waals surface area contributed by atoms with Crippen LogP contribution in [-0.2, 0) is 27.2 Å². The molecular weight excluding hydrogens is 290 g/mol. The zero-order valence-corrected chi connectivity index (χ0v) is 14.0. The van der Waals surface area contributed by atoms with E-state index in [-0.39, 0.29) is 31.7 Å². The molecule has 0 fully saturated rings. The Bertz CT molecular complexity index is 359. The first kappa shape index (κ1) is 19.0. The minimum Gasteiger partial charge on any atom is -0.306 e. The molecule has 0 aliphatic carbocycles. The van der Waals surface area contributed by atoms with E-state index in [1.165, 1.54) is 12.7 Å². The molecule has 0 aromatic heterocycles. The summed E-state index contributed by atoms with van der Waals surface area (Å²) in [5, 5.41) is 0.237. The van der Waals surface area contributed by atoms with Crippen molar-refractivity contribution in [3.63, 3.8) is 0 Å². The molecule has 6 nitrogen and oxygen atoms in total. The number of hydrogen-bond acceptors (Lipinski definition) is 6. The van der Waals surface area contributed by atoms with Gasteiger partial charge in [-0.25, -0.2) is 0 Å². The van der Waals surface area contributed by atoms with Crippen molar-refractivity contribution in [1.29, 1.82) is 0 Å². The number of allylic oxidation sites excluding steroid dienone is 1. The maximum Gasteiger partial charge on any atom is 0.357 e. The molecule has 8 heteroatoms. The van der Waals surface area contributed by atoms with Gasteiger partial charge in [0.25, 0.3) is 0 Å². The van der Waals surface area contributed by atoms with Crippen LogP contribution in [0.4, 0.5) is 0 Å². The standard InChI is InChI=1S/C11H24O6P2/c1-6-14-18(12,15-7-2)10-11(5)19(13,16-8-3)17-9-4/h10H,6-9H2,1-5H3/b11-10+. The summed E-state index contributed by atoms with van der Waals surface area (Å²) in [5.74, 6) is 1.23. The van der Waals surface area contributed by atoms with Gasteiger partial charge in [0.15, 0.2) is 0 Å². The third kappa shape index (κ3) is 6.35. The highest BCUT2D eigenvalue weighted by Gasteiger charge is 2.31. The summed E-state index contributed by atoms with van der Waals surface area (Å²) in [7, 11) is -6.84. The number of rotatable bonds is 10. The molecule has 0 heterocycles. The predicted molar refractivity (Wildman–Crippen MR) is 75.5 cm³/mol. The lowest BCUT2D eigenvalue weighted by atomic mass is 10.8. The van der Waals surface area contributed by atoms with Crippen LogP contribution < -0.4 is 0 Å². The third-order valence-corrected chi connectivity index (χ3v) is 6.33. The minimum atomic E-state index is -3.43. The molecule has 0 aliphatic heterocycles. The van der Waals surface area contributed by atoms with Crippen molar-refractivity contribution in [1.82, 2.24) is 0 Å². The monoisotopic (exact) mass is 314 g/mol. The van der Waals surface area contributed by atoms with Crippen LogP contribution in [-0.4, -0.2) is 26.4 Å². The van der Waals surface area contributed by atoms with E-state index in [2.05, 4.69) is 0 Å². The molecule has 0 atom stereocenters. The van der Waals surface area contributed by atoms with Crippen molar-refractivity contribution in [3.05, 3.63) is 11.1 Å². The smallest absolute Gasteiger partial charge is 0.306 e. The van der Waals surface area contributed by atoms with E-state index in [1.54, 1.807) is 27.7 Å². The van der Waals surface area contributed by atoms with Crippen LogP contribution in [0.1, 0.15) is 34.6 Å². The fourth-order valence-corrected chi connectivity index (χ4v) is 4.90. The maximum atomic E-state index is 12.5. The lowest BCUT2D eigenvalue weighted by Gasteiger charge is -2.19. The highest BCUT2D eigenvalue weighted by Crippen LogP contribution is 2.61. The van der Waals surface area contributed by atoms with Crippen molar-refractivity contribution in [2.24, 2.45) is 0 Å². The average Bonchev–Trinajstić information content (AvgIpc) is 2.29. The maximum absolute atomic E-state index is 12.5. The Morgan fingerprint density at radius 2 is 1.21 bits per heavy atom. The number of hydrogen-bond donors (Lipinski definition) is 0. The molecule has 0 bridgehead atoms. The first-order chi connectivity index (χ1) is 8.87. The van der Waals surface area contributed by atoms with Crippen molar-refractivity contribution >= 4 is 15.2 Å². The van der Waals surface area contributed by atoms with Gasteiger partial charge in [0, 0.05) is 11.1 Å². The highest BCUT2D eigenvalue weighted by molar-refractivity contribution is 7.62. The normalized spacial score (nSPS) is 13.8. The fraction of sp³-hybridized carbons (Fsp3) is 0.818. The molecule has 0 aromatic rings. The summed E-state index contributed by atoms with van der Waals surface area (Å²) < 4.78 is 45.3. The van der Waals surface area contributed by atoms with Gasteiger partial charge >= 0.3 is 15.2 Å². The fourth-order valence-electron chi connectivity index (χ4n) is 1.35. The average molecular weight is 314 g/mol. The van der Waals surface area contributed by atoms with Crippen LogP contribution in [0, 0.1) is 0 Å². The van der Waals surface area contributed by atoms with Gasteiger partial charge in [0.1, 0.15) is 0 Å². The SMILES string of the molecule is CCOP(=O)(/C=C(\C)P(=O)(OCC)OCC)OCC. The Kier molecular flexibility index (Phi) is 9.08. The molecule has 0 rings (SSSR count). The Morgan fingerprint density at radius 3 is 1.53 bits per heavy atom. The molecule has 0 aromatic carbocycles. The van der Waals surface area contributed by atoms with Gasteiger partial charge in [-0.05, 0) is 34.6 Å². The molecule has 0 N–H and O–H groups in total. The quantitative estimate of drug-likeness (QED) is 0.557. The first-order valence-electron chi connectivity index (χ1n) is 6.35. The van der Waals surface area contributed by atoms with E-state index in [4.69, 9.17) is 18.1 Å². The molecule has 0 aliphatic rings. The summed E-state index contributed by atoms with van der Waals surface area (Å²) in [4.78, 5) is 0. The zero-order chi connectivity index (χ0) is 14.9. The van der Waals surface area contributed by atoms with Crippen LogP contribution in [0.5, 0.6) is 0 Å². The van der Waals surface area contributed by atoms with E-state index >= 15 is 0 Å². The van der Waals surface area contributed by atoms with Gasteiger partial charge in [0.2, 0.25) is 0 Å². The van der Waals surface area contributed by atoms with Crippen LogP contribution >= 0.6 is 15.2 Å². The van der Waals surface area contributed by atoms with Gasteiger partial charge < -0.3 is 18.1 Å². The molecule has 0 saturated heterocycles. The zero-order valence-electron chi connectivity index (χ0n) is 12.2. The van der Waals surface area contributed by atoms with E-state index in [1.807, 2.05) is 0 Å².